The number of sulfonamides is 1. The molecular weight excluding hydrogens is 376 g/mol. The van der Waals surface area contributed by atoms with Crippen molar-refractivity contribution in [1.29, 1.82) is 0 Å². The van der Waals surface area contributed by atoms with Crippen LogP contribution in [-0.2, 0) is 23.0 Å². The van der Waals surface area contributed by atoms with E-state index in [9.17, 15) is 8.42 Å². The zero-order valence-corrected chi connectivity index (χ0v) is 16.3. The Hall–Kier alpha value is -1.48. The van der Waals surface area contributed by atoms with Gasteiger partial charge in [-0.15, -0.1) is 0 Å². The molecule has 0 bridgehead atoms. The number of hydrogen-bond acceptors (Lipinski definition) is 6. The van der Waals surface area contributed by atoms with Gasteiger partial charge in [-0.25, -0.2) is 8.42 Å². The van der Waals surface area contributed by atoms with Crippen LogP contribution in [0.25, 0.3) is 0 Å². The van der Waals surface area contributed by atoms with E-state index in [0.29, 0.717) is 49.5 Å². The molecule has 1 aromatic carbocycles. The zero-order valence-electron chi connectivity index (χ0n) is 14.8. The number of piperazine rings is 1. The average molecular weight is 399 g/mol. The molecule has 2 aromatic rings. The van der Waals surface area contributed by atoms with Crippen LogP contribution in [0.3, 0.4) is 0 Å². The van der Waals surface area contributed by atoms with Gasteiger partial charge in [0.15, 0.2) is 5.82 Å². The Morgan fingerprint density at radius 1 is 1.23 bits per heavy atom. The summed E-state index contributed by atoms with van der Waals surface area (Å²) in [5, 5.41) is 4.43. The Balaban J connectivity index is 1.56. The minimum Gasteiger partial charge on any atom is -0.339 e. The van der Waals surface area contributed by atoms with Gasteiger partial charge in [0.1, 0.15) is 0 Å². The first kappa shape index (κ1) is 19.3. The highest BCUT2D eigenvalue weighted by Crippen LogP contribution is 2.21. The lowest BCUT2D eigenvalue weighted by Crippen LogP contribution is -2.48. The maximum absolute atomic E-state index is 12.7. The van der Waals surface area contributed by atoms with Gasteiger partial charge in [0.2, 0.25) is 15.9 Å². The van der Waals surface area contributed by atoms with Crippen molar-refractivity contribution < 1.29 is 12.9 Å². The van der Waals surface area contributed by atoms with Crippen LogP contribution in [0.5, 0.6) is 0 Å². The van der Waals surface area contributed by atoms with Gasteiger partial charge in [-0.2, -0.15) is 9.29 Å². The van der Waals surface area contributed by atoms with E-state index in [4.69, 9.17) is 16.1 Å². The normalized spacial score (nSPS) is 16.8. The van der Waals surface area contributed by atoms with Gasteiger partial charge in [-0.05, 0) is 24.6 Å². The number of aryl methyl sites for hydroxylation is 1. The number of unbranched alkanes of at least 4 members (excludes halogenated alkanes) is 1. The predicted octanol–water partition coefficient (Wildman–Crippen LogP) is 2.57. The highest BCUT2D eigenvalue weighted by molar-refractivity contribution is 7.89. The van der Waals surface area contributed by atoms with Gasteiger partial charge in [0, 0.05) is 37.6 Å². The molecule has 7 nitrogen and oxygen atoms in total. The second-order valence-electron chi connectivity index (χ2n) is 6.35. The van der Waals surface area contributed by atoms with Crippen LogP contribution >= 0.6 is 11.6 Å². The van der Waals surface area contributed by atoms with E-state index in [1.165, 1.54) is 10.4 Å². The summed E-state index contributed by atoms with van der Waals surface area (Å²) in [5.74, 6) is 1.33. The van der Waals surface area contributed by atoms with E-state index in [2.05, 4.69) is 22.0 Å². The molecule has 0 aliphatic carbocycles. The van der Waals surface area contributed by atoms with Crippen LogP contribution < -0.4 is 0 Å². The third-order valence-corrected chi connectivity index (χ3v) is 6.51. The monoisotopic (exact) mass is 398 g/mol. The summed E-state index contributed by atoms with van der Waals surface area (Å²) in [6.07, 6.45) is 2.91. The number of halogens is 1. The van der Waals surface area contributed by atoms with Crippen LogP contribution in [0.1, 0.15) is 31.5 Å². The third kappa shape index (κ3) is 4.62. The lowest BCUT2D eigenvalue weighted by Gasteiger charge is -2.33. The summed E-state index contributed by atoms with van der Waals surface area (Å²) in [6, 6.07) is 6.38. The molecule has 0 saturated carbocycles. The van der Waals surface area contributed by atoms with Crippen molar-refractivity contribution in [2.45, 2.75) is 37.6 Å². The van der Waals surface area contributed by atoms with E-state index < -0.39 is 10.0 Å². The summed E-state index contributed by atoms with van der Waals surface area (Å²) in [4.78, 5) is 6.77. The molecule has 142 valence electrons. The van der Waals surface area contributed by atoms with Crippen molar-refractivity contribution in [3.05, 3.63) is 41.0 Å². The van der Waals surface area contributed by atoms with Gasteiger partial charge in [0.05, 0.1) is 11.4 Å². The van der Waals surface area contributed by atoms with Gasteiger partial charge in [0.25, 0.3) is 0 Å². The molecular formula is C17H23ClN4O3S. The van der Waals surface area contributed by atoms with Crippen molar-refractivity contribution in [2.75, 3.05) is 26.2 Å². The van der Waals surface area contributed by atoms with E-state index in [1.54, 1.807) is 18.2 Å². The Kier molecular flexibility index (Phi) is 6.29. The molecule has 1 aliphatic rings. The molecule has 9 heteroatoms. The fraction of sp³-hybridized carbons (Fsp3) is 0.529. The van der Waals surface area contributed by atoms with Crippen LogP contribution in [0, 0.1) is 0 Å². The van der Waals surface area contributed by atoms with Crippen molar-refractivity contribution in [2.24, 2.45) is 0 Å². The summed E-state index contributed by atoms with van der Waals surface area (Å²) in [7, 11) is -3.51. The standard InChI is InChI=1S/C17H23ClN4O3S/c1-2-3-7-17-19-16(20-25-17)13-21-8-10-22(11-9-21)26(23,24)15-6-4-5-14(18)12-15/h4-6,12H,2-3,7-11,13H2,1H3. The van der Waals surface area contributed by atoms with Gasteiger partial charge in [-0.3, -0.25) is 4.90 Å². The van der Waals surface area contributed by atoms with Crippen LogP contribution in [0.2, 0.25) is 5.02 Å². The van der Waals surface area contributed by atoms with Gasteiger partial charge in [-0.1, -0.05) is 36.2 Å². The SMILES string of the molecule is CCCCc1nc(CN2CCN(S(=O)(=O)c3cccc(Cl)c3)CC2)no1. The van der Waals surface area contributed by atoms with E-state index in [0.717, 1.165) is 19.3 Å². The number of hydrogen-bond donors (Lipinski definition) is 0. The largest absolute Gasteiger partial charge is 0.339 e. The first-order valence-electron chi connectivity index (χ1n) is 8.78. The molecule has 3 rings (SSSR count). The Morgan fingerprint density at radius 3 is 2.69 bits per heavy atom. The second-order valence-corrected chi connectivity index (χ2v) is 8.72. The lowest BCUT2D eigenvalue weighted by molar-refractivity contribution is 0.176. The number of nitrogens with zero attached hydrogens (tertiary/aromatic N) is 4. The summed E-state index contributed by atoms with van der Waals surface area (Å²) >= 11 is 5.92. The minimum atomic E-state index is -3.51. The molecule has 1 fully saturated rings. The lowest BCUT2D eigenvalue weighted by atomic mass is 10.2. The summed E-state index contributed by atoms with van der Waals surface area (Å²) in [5.41, 5.74) is 0. The van der Waals surface area contributed by atoms with Crippen molar-refractivity contribution >= 4 is 21.6 Å². The van der Waals surface area contributed by atoms with Gasteiger partial charge >= 0.3 is 0 Å². The highest BCUT2D eigenvalue weighted by atomic mass is 35.5. The topological polar surface area (TPSA) is 79.5 Å². The van der Waals surface area contributed by atoms with Crippen LogP contribution in [-0.4, -0.2) is 53.9 Å². The fourth-order valence-electron chi connectivity index (χ4n) is 2.89. The maximum Gasteiger partial charge on any atom is 0.243 e. The first-order chi connectivity index (χ1) is 12.5. The summed E-state index contributed by atoms with van der Waals surface area (Å²) in [6.45, 7) is 4.79. The molecule has 1 aromatic heterocycles. The Morgan fingerprint density at radius 2 is 2.00 bits per heavy atom. The highest BCUT2D eigenvalue weighted by Gasteiger charge is 2.29. The molecule has 2 heterocycles. The van der Waals surface area contributed by atoms with E-state index in [-0.39, 0.29) is 4.90 Å². The predicted molar refractivity (Wildman–Crippen MR) is 98.4 cm³/mol. The zero-order chi connectivity index (χ0) is 18.6. The summed E-state index contributed by atoms with van der Waals surface area (Å²) < 4.78 is 32.2. The molecule has 26 heavy (non-hydrogen) atoms. The van der Waals surface area contributed by atoms with Crippen molar-refractivity contribution in [3.8, 4) is 0 Å². The third-order valence-electron chi connectivity index (χ3n) is 4.38. The molecule has 0 amide bonds. The maximum atomic E-state index is 12.7. The molecule has 1 saturated heterocycles. The molecule has 0 atom stereocenters. The van der Waals surface area contributed by atoms with E-state index >= 15 is 0 Å². The molecule has 1 aliphatic heterocycles. The minimum absolute atomic E-state index is 0.234. The van der Waals surface area contributed by atoms with Crippen LogP contribution in [0.4, 0.5) is 0 Å². The first-order valence-corrected chi connectivity index (χ1v) is 10.6. The Bertz CT molecular complexity index is 832. The number of benzene rings is 1. The second kappa shape index (κ2) is 8.47. The average Bonchev–Trinajstić information content (AvgIpc) is 3.08. The van der Waals surface area contributed by atoms with Crippen molar-refractivity contribution in [3.63, 3.8) is 0 Å². The quantitative estimate of drug-likeness (QED) is 0.713. The van der Waals surface area contributed by atoms with E-state index in [1.807, 2.05) is 0 Å². The smallest absolute Gasteiger partial charge is 0.243 e. The fourth-order valence-corrected chi connectivity index (χ4v) is 4.61. The molecule has 0 spiro atoms. The van der Waals surface area contributed by atoms with Crippen molar-refractivity contribution in [1.82, 2.24) is 19.3 Å². The molecule has 0 N–H and O–H groups in total. The number of rotatable bonds is 7. The Labute approximate surface area is 159 Å². The molecule has 0 radical (unpaired) electrons. The molecule has 0 unspecified atom stereocenters. The number of aromatic nitrogens is 2. The van der Waals surface area contributed by atoms with Crippen LogP contribution in [0.15, 0.2) is 33.7 Å². The van der Waals surface area contributed by atoms with Gasteiger partial charge < -0.3 is 4.52 Å².